The molecule has 2 amide bonds. The van der Waals surface area contributed by atoms with Gasteiger partial charge < -0.3 is 10.3 Å². The Bertz CT molecular complexity index is 802. The van der Waals surface area contributed by atoms with Crippen molar-refractivity contribution in [3.63, 3.8) is 0 Å². The molecule has 0 spiro atoms. The van der Waals surface area contributed by atoms with Crippen LogP contribution in [0.2, 0.25) is 0 Å². The number of carbonyl (C=O) groups excluding carboxylic acids is 1. The summed E-state index contributed by atoms with van der Waals surface area (Å²) < 4.78 is 0. The van der Waals surface area contributed by atoms with Crippen LogP contribution in [0.15, 0.2) is 35.6 Å². The molecule has 0 atom stereocenters. The number of hydrogen-bond donors (Lipinski definition) is 3. The average molecular weight is 336 g/mol. The van der Waals surface area contributed by atoms with Crippen molar-refractivity contribution < 1.29 is 4.79 Å². The summed E-state index contributed by atoms with van der Waals surface area (Å²) in [7, 11) is 0. The number of amides is 2. The summed E-state index contributed by atoms with van der Waals surface area (Å²) in [6, 6.07) is 7.90. The Morgan fingerprint density at radius 3 is 2.52 bits per heavy atom. The molecule has 0 unspecified atom stereocenters. The van der Waals surface area contributed by atoms with Crippen LogP contribution in [0.5, 0.6) is 0 Å². The van der Waals surface area contributed by atoms with Crippen molar-refractivity contribution in [2.45, 2.75) is 44.1 Å². The molecule has 4 aliphatic rings. The van der Waals surface area contributed by atoms with Crippen molar-refractivity contribution in [2.24, 2.45) is 22.9 Å². The summed E-state index contributed by atoms with van der Waals surface area (Å²) in [5.41, 5.74) is 4.74. The summed E-state index contributed by atoms with van der Waals surface area (Å²) >= 11 is 0. The molecule has 1 aromatic heterocycles. The summed E-state index contributed by atoms with van der Waals surface area (Å²) in [5.74, 6) is 2.46. The van der Waals surface area contributed by atoms with Gasteiger partial charge in [0.25, 0.3) is 0 Å². The third-order valence-electron chi connectivity index (χ3n) is 6.41. The lowest BCUT2D eigenvalue weighted by Gasteiger charge is -2.56. The van der Waals surface area contributed by atoms with E-state index >= 15 is 0 Å². The number of aromatic nitrogens is 1. The van der Waals surface area contributed by atoms with Crippen molar-refractivity contribution in [1.82, 2.24) is 15.7 Å². The minimum absolute atomic E-state index is 0.0230. The third kappa shape index (κ3) is 2.71. The van der Waals surface area contributed by atoms with Gasteiger partial charge >= 0.3 is 6.03 Å². The number of nitrogens with zero attached hydrogens (tertiary/aromatic N) is 1. The molecule has 1 heterocycles. The van der Waals surface area contributed by atoms with Crippen molar-refractivity contribution in [2.75, 3.05) is 0 Å². The van der Waals surface area contributed by atoms with Crippen molar-refractivity contribution >= 4 is 23.1 Å². The zero-order chi connectivity index (χ0) is 16.9. The number of hydrazone groups is 1. The van der Waals surface area contributed by atoms with Gasteiger partial charge in [0.05, 0.1) is 6.21 Å². The monoisotopic (exact) mass is 336 g/mol. The molecule has 130 valence electrons. The SMILES string of the molecule is O=C(N/N=C/c1c[nH]c2ccccc12)NC12CC3CC(CC(C3)C1)C2. The van der Waals surface area contributed by atoms with Gasteiger partial charge in [-0.3, -0.25) is 0 Å². The maximum absolute atomic E-state index is 12.4. The second-order valence-corrected chi connectivity index (χ2v) is 8.31. The van der Waals surface area contributed by atoms with Crippen LogP contribution < -0.4 is 10.7 Å². The Balaban J connectivity index is 1.24. The predicted molar refractivity (Wildman–Crippen MR) is 98.5 cm³/mol. The van der Waals surface area contributed by atoms with E-state index in [1.807, 2.05) is 30.5 Å². The Labute approximate surface area is 147 Å². The van der Waals surface area contributed by atoms with Gasteiger partial charge in [-0.1, -0.05) is 18.2 Å². The number of H-pyrrole nitrogens is 1. The molecule has 4 bridgehead atoms. The van der Waals surface area contributed by atoms with Gasteiger partial charge in [-0.2, -0.15) is 5.10 Å². The molecule has 0 radical (unpaired) electrons. The molecule has 4 aliphatic carbocycles. The van der Waals surface area contributed by atoms with Crippen LogP contribution in [0.3, 0.4) is 0 Å². The predicted octanol–water partition coefficient (Wildman–Crippen LogP) is 3.77. The summed E-state index contributed by atoms with van der Waals surface area (Å²) in [5, 5.41) is 8.53. The van der Waals surface area contributed by atoms with Gasteiger partial charge in [0.2, 0.25) is 0 Å². The van der Waals surface area contributed by atoms with E-state index in [2.05, 4.69) is 20.8 Å². The first-order chi connectivity index (χ1) is 12.2. The second kappa shape index (κ2) is 5.61. The number of benzene rings is 1. The van der Waals surface area contributed by atoms with E-state index in [1.165, 1.54) is 19.3 Å². The molecule has 6 rings (SSSR count). The quantitative estimate of drug-likeness (QED) is 0.579. The fourth-order valence-electron chi connectivity index (χ4n) is 5.89. The molecule has 1 aromatic carbocycles. The van der Waals surface area contributed by atoms with E-state index in [1.54, 1.807) is 6.21 Å². The number of para-hydroxylation sites is 1. The second-order valence-electron chi connectivity index (χ2n) is 8.31. The molecule has 5 heteroatoms. The molecular formula is C20H24N4O. The smallest absolute Gasteiger partial charge is 0.335 e. The molecule has 2 aromatic rings. The Kier molecular flexibility index (Phi) is 3.37. The van der Waals surface area contributed by atoms with Crippen molar-refractivity contribution in [3.8, 4) is 0 Å². The highest BCUT2D eigenvalue weighted by Crippen LogP contribution is 2.55. The fourth-order valence-corrected chi connectivity index (χ4v) is 5.89. The number of urea groups is 1. The van der Waals surface area contributed by atoms with E-state index in [-0.39, 0.29) is 11.6 Å². The Hall–Kier alpha value is -2.30. The molecule has 5 nitrogen and oxygen atoms in total. The Morgan fingerprint density at radius 2 is 1.80 bits per heavy atom. The van der Waals surface area contributed by atoms with Gasteiger partial charge in [0.15, 0.2) is 0 Å². The van der Waals surface area contributed by atoms with Crippen LogP contribution in [0.1, 0.15) is 44.1 Å². The largest absolute Gasteiger partial charge is 0.361 e. The van der Waals surface area contributed by atoms with Crippen LogP contribution >= 0.6 is 0 Å². The zero-order valence-corrected chi connectivity index (χ0v) is 14.3. The van der Waals surface area contributed by atoms with E-state index in [0.717, 1.165) is 53.5 Å². The number of fused-ring (bicyclic) bond motifs is 1. The van der Waals surface area contributed by atoms with Crippen LogP contribution in [-0.4, -0.2) is 22.8 Å². The minimum atomic E-state index is -0.168. The molecule has 25 heavy (non-hydrogen) atoms. The highest BCUT2D eigenvalue weighted by Gasteiger charge is 2.51. The lowest BCUT2D eigenvalue weighted by molar-refractivity contribution is -0.0135. The first-order valence-corrected chi connectivity index (χ1v) is 9.36. The van der Waals surface area contributed by atoms with Gasteiger partial charge in [0.1, 0.15) is 0 Å². The number of carbonyl (C=O) groups is 1. The summed E-state index contributed by atoms with van der Waals surface area (Å²) in [4.78, 5) is 15.6. The lowest BCUT2D eigenvalue weighted by atomic mass is 9.53. The molecule has 4 fully saturated rings. The topological polar surface area (TPSA) is 69.3 Å². The van der Waals surface area contributed by atoms with Gasteiger partial charge in [0, 0.05) is 28.2 Å². The fraction of sp³-hybridized carbons (Fsp3) is 0.500. The summed E-state index contributed by atoms with van der Waals surface area (Å²) in [6.07, 6.45) is 11.2. The van der Waals surface area contributed by atoms with Crippen LogP contribution in [0.4, 0.5) is 4.79 Å². The van der Waals surface area contributed by atoms with Crippen LogP contribution in [0.25, 0.3) is 10.9 Å². The third-order valence-corrected chi connectivity index (χ3v) is 6.41. The normalized spacial score (nSPS) is 33.2. The molecule has 3 N–H and O–H groups in total. The van der Waals surface area contributed by atoms with Crippen LogP contribution in [-0.2, 0) is 0 Å². The first kappa shape index (κ1) is 15.0. The molecule has 4 saturated carbocycles. The highest BCUT2D eigenvalue weighted by molar-refractivity contribution is 5.99. The van der Waals surface area contributed by atoms with Gasteiger partial charge in [-0.15, -0.1) is 0 Å². The number of nitrogens with one attached hydrogen (secondary N) is 3. The average Bonchev–Trinajstić information content (AvgIpc) is 2.96. The van der Waals surface area contributed by atoms with E-state index in [0.29, 0.717) is 0 Å². The first-order valence-electron chi connectivity index (χ1n) is 9.36. The van der Waals surface area contributed by atoms with Gasteiger partial charge in [-0.25, -0.2) is 10.2 Å². The maximum Gasteiger partial charge on any atom is 0.335 e. The van der Waals surface area contributed by atoms with E-state index < -0.39 is 0 Å². The standard InChI is InChI=1S/C20H24N4O/c25-19(23-20-8-13-5-14(9-20)7-15(6-13)10-20)24-22-12-16-11-21-18-4-2-1-3-17(16)18/h1-4,11-15,21H,5-10H2,(H2,23,24,25)/b22-12+. The minimum Gasteiger partial charge on any atom is -0.361 e. The maximum atomic E-state index is 12.4. The van der Waals surface area contributed by atoms with Crippen LogP contribution in [0, 0.1) is 17.8 Å². The molecule has 0 aliphatic heterocycles. The number of aromatic amines is 1. The Morgan fingerprint density at radius 1 is 1.12 bits per heavy atom. The lowest BCUT2D eigenvalue weighted by Crippen LogP contribution is -2.61. The number of hydrogen-bond acceptors (Lipinski definition) is 2. The molecular weight excluding hydrogens is 312 g/mol. The summed E-state index contributed by atoms with van der Waals surface area (Å²) in [6.45, 7) is 0. The highest BCUT2D eigenvalue weighted by atomic mass is 16.2. The van der Waals surface area contributed by atoms with E-state index in [4.69, 9.17) is 0 Å². The van der Waals surface area contributed by atoms with Gasteiger partial charge in [-0.05, 0) is 62.3 Å². The van der Waals surface area contributed by atoms with Crippen molar-refractivity contribution in [1.29, 1.82) is 0 Å². The zero-order valence-electron chi connectivity index (χ0n) is 14.3. The van der Waals surface area contributed by atoms with Crippen molar-refractivity contribution in [3.05, 3.63) is 36.0 Å². The molecule has 0 saturated heterocycles. The van der Waals surface area contributed by atoms with E-state index in [9.17, 15) is 4.79 Å². The number of rotatable bonds is 3.